The van der Waals surface area contributed by atoms with Crippen molar-refractivity contribution in [2.75, 3.05) is 14.1 Å². The summed E-state index contributed by atoms with van der Waals surface area (Å²) < 4.78 is 5.51. The topological polar surface area (TPSA) is 72.7 Å². The number of hydrogen-bond donors (Lipinski definition) is 0. The molecule has 1 aromatic rings. The Hall–Kier alpha value is -2.11. The first-order valence-electron chi connectivity index (χ1n) is 5.65. The number of amides is 1. The van der Waals surface area contributed by atoms with Gasteiger partial charge in [-0.1, -0.05) is 0 Å². The number of carbonyl (C=O) groups is 1. The molecule has 0 spiro atoms. The van der Waals surface area contributed by atoms with Crippen molar-refractivity contribution in [3.8, 4) is 5.75 Å². The van der Waals surface area contributed by atoms with Crippen LogP contribution in [0.3, 0.4) is 0 Å². The van der Waals surface area contributed by atoms with Crippen LogP contribution in [0.2, 0.25) is 0 Å². The standard InChI is InChI=1S/C12H14N2O4/c1-13(2)12(15)8-5-9(14(16)17)7-11(6-8)18-10-3-4-10/h5-7,10H,3-4H2,1-2H3. The van der Waals surface area contributed by atoms with Crippen LogP contribution in [-0.2, 0) is 0 Å². The Morgan fingerprint density at radius 3 is 2.56 bits per heavy atom. The van der Waals surface area contributed by atoms with E-state index in [-0.39, 0.29) is 23.3 Å². The monoisotopic (exact) mass is 250 g/mol. The van der Waals surface area contributed by atoms with Crippen molar-refractivity contribution in [1.82, 2.24) is 4.90 Å². The predicted octanol–water partition coefficient (Wildman–Crippen LogP) is 1.84. The highest BCUT2D eigenvalue weighted by atomic mass is 16.6. The molecule has 96 valence electrons. The molecule has 1 fully saturated rings. The first-order chi connectivity index (χ1) is 8.47. The molecule has 0 atom stereocenters. The molecule has 1 aliphatic rings. The minimum absolute atomic E-state index is 0.127. The van der Waals surface area contributed by atoms with Crippen molar-refractivity contribution in [3.63, 3.8) is 0 Å². The zero-order valence-corrected chi connectivity index (χ0v) is 10.3. The number of benzene rings is 1. The first kappa shape index (κ1) is 12.3. The fraction of sp³-hybridized carbons (Fsp3) is 0.417. The van der Waals surface area contributed by atoms with Gasteiger partial charge in [0.1, 0.15) is 5.75 Å². The Bertz CT molecular complexity index is 495. The summed E-state index contributed by atoms with van der Waals surface area (Å²) in [5, 5.41) is 10.8. The minimum Gasteiger partial charge on any atom is -0.490 e. The van der Waals surface area contributed by atoms with Gasteiger partial charge >= 0.3 is 0 Å². The van der Waals surface area contributed by atoms with Crippen molar-refractivity contribution >= 4 is 11.6 Å². The minimum atomic E-state index is -0.522. The molecular formula is C12H14N2O4. The number of carbonyl (C=O) groups excluding carboxylic acids is 1. The summed E-state index contributed by atoms with van der Waals surface area (Å²) in [4.78, 5) is 23.5. The van der Waals surface area contributed by atoms with E-state index in [1.165, 1.54) is 17.0 Å². The number of nitro benzene ring substituents is 1. The smallest absolute Gasteiger partial charge is 0.273 e. The molecule has 18 heavy (non-hydrogen) atoms. The van der Waals surface area contributed by atoms with Crippen LogP contribution >= 0.6 is 0 Å². The van der Waals surface area contributed by atoms with Crippen LogP contribution in [0.4, 0.5) is 5.69 Å². The van der Waals surface area contributed by atoms with Crippen LogP contribution in [0.25, 0.3) is 0 Å². The summed E-state index contributed by atoms with van der Waals surface area (Å²) in [5.41, 5.74) is 0.142. The van der Waals surface area contributed by atoms with Gasteiger partial charge in [0, 0.05) is 25.7 Å². The molecule has 1 aliphatic carbocycles. The second-order valence-electron chi connectivity index (χ2n) is 4.49. The molecule has 1 amide bonds. The van der Waals surface area contributed by atoms with Gasteiger partial charge in [0.2, 0.25) is 0 Å². The van der Waals surface area contributed by atoms with Crippen molar-refractivity contribution in [2.45, 2.75) is 18.9 Å². The molecule has 0 saturated heterocycles. The third kappa shape index (κ3) is 2.77. The maximum Gasteiger partial charge on any atom is 0.273 e. The van der Waals surface area contributed by atoms with Crippen LogP contribution in [0.15, 0.2) is 18.2 Å². The van der Waals surface area contributed by atoms with E-state index in [0.29, 0.717) is 5.75 Å². The molecule has 2 rings (SSSR count). The summed E-state index contributed by atoms with van der Waals surface area (Å²) in [5.74, 6) is 0.108. The number of nitro groups is 1. The van der Waals surface area contributed by atoms with E-state index in [1.807, 2.05) is 0 Å². The fourth-order valence-electron chi connectivity index (χ4n) is 1.52. The summed E-state index contributed by atoms with van der Waals surface area (Å²) in [6.45, 7) is 0. The van der Waals surface area contributed by atoms with Gasteiger partial charge in [0.05, 0.1) is 17.1 Å². The summed E-state index contributed by atoms with van der Waals surface area (Å²) in [7, 11) is 3.20. The van der Waals surface area contributed by atoms with Crippen LogP contribution in [0.1, 0.15) is 23.2 Å². The van der Waals surface area contributed by atoms with E-state index in [9.17, 15) is 14.9 Å². The average Bonchev–Trinajstić information content (AvgIpc) is 3.11. The third-order valence-electron chi connectivity index (χ3n) is 2.58. The van der Waals surface area contributed by atoms with Crippen molar-refractivity contribution in [3.05, 3.63) is 33.9 Å². The van der Waals surface area contributed by atoms with Crippen LogP contribution in [-0.4, -0.2) is 35.9 Å². The van der Waals surface area contributed by atoms with Gasteiger partial charge in [-0.3, -0.25) is 14.9 Å². The number of ether oxygens (including phenoxy) is 1. The fourth-order valence-corrected chi connectivity index (χ4v) is 1.52. The van der Waals surface area contributed by atoms with Crippen molar-refractivity contribution in [1.29, 1.82) is 0 Å². The molecule has 1 aromatic carbocycles. The van der Waals surface area contributed by atoms with Crippen molar-refractivity contribution in [2.24, 2.45) is 0 Å². The lowest BCUT2D eigenvalue weighted by Gasteiger charge is -2.11. The Kier molecular flexibility index (Phi) is 3.18. The van der Waals surface area contributed by atoms with Gasteiger partial charge in [0.15, 0.2) is 0 Å². The SMILES string of the molecule is CN(C)C(=O)c1cc(OC2CC2)cc([N+](=O)[O-])c1. The number of hydrogen-bond acceptors (Lipinski definition) is 4. The predicted molar refractivity (Wildman–Crippen MR) is 64.8 cm³/mol. The van der Waals surface area contributed by atoms with Crippen molar-refractivity contribution < 1.29 is 14.5 Å². The normalized spacial score (nSPS) is 14.1. The largest absolute Gasteiger partial charge is 0.490 e. The van der Waals surface area contributed by atoms with E-state index in [1.54, 1.807) is 20.2 Å². The molecule has 0 radical (unpaired) electrons. The lowest BCUT2D eigenvalue weighted by Crippen LogP contribution is -2.21. The van der Waals surface area contributed by atoms with Gasteiger partial charge in [-0.05, 0) is 18.9 Å². The van der Waals surface area contributed by atoms with Gasteiger partial charge < -0.3 is 9.64 Å². The molecule has 0 N–H and O–H groups in total. The highest BCUT2D eigenvalue weighted by Gasteiger charge is 2.25. The Balaban J connectivity index is 2.35. The quantitative estimate of drug-likeness (QED) is 0.603. The van der Waals surface area contributed by atoms with Gasteiger partial charge in [-0.15, -0.1) is 0 Å². The Morgan fingerprint density at radius 2 is 2.06 bits per heavy atom. The van der Waals surface area contributed by atoms with E-state index in [2.05, 4.69) is 0 Å². The highest BCUT2D eigenvalue weighted by Crippen LogP contribution is 2.30. The molecule has 6 heteroatoms. The zero-order chi connectivity index (χ0) is 13.3. The number of rotatable bonds is 4. The molecule has 0 bridgehead atoms. The summed E-state index contributed by atoms with van der Waals surface area (Å²) >= 11 is 0. The molecule has 0 aliphatic heterocycles. The maximum absolute atomic E-state index is 11.8. The second kappa shape index (κ2) is 4.64. The maximum atomic E-state index is 11.8. The number of non-ortho nitro benzene ring substituents is 1. The third-order valence-corrected chi connectivity index (χ3v) is 2.58. The summed E-state index contributed by atoms with van der Waals surface area (Å²) in [6.07, 6.45) is 2.05. The lowest BCUT2D eigenvalue weighted by molar-refractivity contribution is -0.385. The molecular weight excluding hydrogens is 236 g/mol. The highest BCUT2D eigenvalue weighted by molar-refractivity contribution is 5.95. The molecule has 0 aromatic heterocycles. The first-order valence-corrected chi connectivity index (χ1v) is 5.65. The van der Waals surface area contributed by atoms with Crippen LogP contribution in [0, 0.1) is 10.1 Å². The van der Waals surface area contributed by atoms with Gasteiger partial charge in [-0.25, -0.2) is 0 Å². The second-order valence-corrected chi connectivity index (χ2v) is 4.49. The molecule has 1 saturated carbocycles. The summed E-state index contributed by atoms with van der Waals surface area (Å²) in [6, 6.07) is 4.17. The Labute approximate surface area is 104 Å². The zero-order valence-electron chi connectivity index (χ0n) is 10.3. The Morgan fingerprint density at radius 1 is 1.39 bits per heavy atom. The molecule has 0 heterocycles. The van der Waals surface area contributed by atoms with Crippen LogP contribution < -0.4 is 4.74 Å². The molecule has 0 unspecified atom stereocenters. The van der Waals surface area contributed by atoms with Gasteiger partial charge in [0.25, 0.3) is 11.6 Å². The average molecular weight is 250 g/mol. The van der Waals surface area contributed by atoms with Crippen LogP contribution in [0.5, 0.6) is 5.75 Å². The number of nitrogens with zero attached hydrogens (tertiary/aromatic N) is 2. The van der Waals surface area contributed by atoms with E-state index >= 15 is 0 Å². The van der Waals surface area contributed by atoms with Gasteiger partial charge in [-0.2, -0.15) is 0 Å². The van der Waals surface area contributed by atoms with E-state index in [4.69, 9.17) is 4.74 Å². The van der Waals surface area contributed by atoms with E-state index in [0.717, 1.165) is 12.8 Å². The lowest BCUT2D eigenvalue weighted by atomic mass is 10.1. The molecule has 6 nitrogen and oxygen atoms in total. The van der Waals surface area contributed by atoms with E-state index < -0.39 is 4.92 Å².